The summed E-state index contributed by atoms with van der Waals surface area (Å²) in [5, 5.41) is 1.00. The van der Waals surface area contributed by atoms with Crippen LogP contribution >= 0.6 is 47.2 Å². The molecule has 1 aromatic rings. The zero-order valence-electron chi connectivity index (χ0n) is 13.6. The van der Waals surface area contributed by atoms with Crippen molar-refractivity contribution < 1.29 is 14.3 Å². The van der Waals surface area contributed by atoms with Crippen LogP contribution in [0, 0.1) is 0 Å². The number of thiocarbonyl (C=S) groups is 1. The summed E-state index contributed by atoms with van der Waals surface area (Å²) >= 11 is 18.5. The zero-order valence-corrected chi connectivity index (χ0v) is 16.7. The van der Waals surface area contributed by atoms with Crippen LogP contribution in [0.25, 0.3) is 6.08 Å². The van der Waals surface area contributed by atoms with E-state index in [0.29, 0.717) is 44.4 Å². The van der Waals surface area contributed by atoms with E-state index in [1.165, 1.54) is 16.7 Å². The molecular formula is C17H17Cl2NO3S2. The summed E-state index contributed by atoms with van der Waals surface area (Å²) < 4.78 is 5.49. The monoisotopic (exact) mass is 417 g/mol. The fourth-order valence-electron chi connectivity index (χ4n) is 2.12. The van der Waals surface area contributed by atoms with Crippen LogP contribution in [0.15, 0.2) is 23.1 Å². The van der Waals surface area contributed by atoms with Crippen molar-refractivity contribution in [3.05, 3.63) is 38.7 Å². The fourth-order valence-corrected chi connectivity index (χ4v) is 3.88. The Morgan fingerprint density at radius 3 is 2.84 bits per heavy atom. The first-order chi connectivity index (χ1) is 11.9. The molecule has 1 heterocycles. The van der Waals surface area contributed by atoms with E-state index in [9.17, 15) is 9.59 Å². The van der Waals surface area contributed by atoms with Gasteiger partial charge in [0.05, 0.1) is 11.5 Å². The van der Waals surface area contributed by atoms with E-state index in [1.54, 1.807) is 24.3 Å². The topological polar surface area (TPSA) is 46.6 Å². The van der Waals surface area contributed by atoms with E-state index in [-0.39, 0.29) is 18.3 Å². The summed E-state index contributed by atoms with van der Waals surface area (Å²) in [6.07, 6.45) is 3.26. The van der Waals surface area contributed by atoms with Crippen LogP contribution < -0.4 is 0 Å². The van der Waals surface area contributed by atoms with E-state index >= 15 is 0 Å². The lowest BCUT2D eigenvalue weighted by Gasteiger charge is -2.13. The van der Waals surface area contributed by atoms with Crippen molar-refractivity contribution >= 4 is 69.5 Å². The molecule has 0 aromatic heterocycles. The summed E-state index contributed by atoms with van der Waals surface area (Å²) in [5.74, 6) is -0.432. The van der Waals surface area contributed by atoms with Gasteiger partial charge < -0.3 is 4.74 Å². The first kappa shape index (κ1) is 20.2. The molecule has 0 saturated carbocycles. The zero-order chi connectivity index (χ0) is 18.4. The Bertz CT molecular complexity index is 722. The van der Waals surface area contributed by atoms with E-state index in [0.717, 1.165) is 6.42 Å². The molecule has 1 aromatic carbocycles. The maximum absolute atomic E-state index is 12.5. The van der Waals surface area contributed by atoms with Gasteiger partial charge in [-0.25, -0.2) is 0 Å². The highest BCUT2D eigenvalue weighted by molar-refractivity contribution is 8.26. The summed E-state index contributed by atoms with van der Waals surface area (Å²) in [6, 6.07) is 5.08. The number of nitrogens with zero attached hydrogens (tertiary/aromatic N) is 1. The van der Waals surface area contributed by atoms with E-state index in [2.05, 4.69) is 0 Å². The maximum atomic E-state index is 12.5. The molecular weight excluding hydrogens is 401 g/mol. The molecule has 0 bridgehead atoms. The molecule has 1 aliphatic heterocycles. The number of rotatable bonds is 7. The maximum Gasteiger partial charge on any atom is 0.305 e. The van der Waals surface area contributed by atoms with Gasteiger partial charge in [0.1, 0.15) is 4.32 Å². The highest BCUT2D eigenvalue weighted by Crippen LogP contribution is 2.34. The van der Waals surface area contributed by atoms with Crippen LogP contribution in [-0.4, -0.2) is 34.2 Å². The Morgan fingerprint density at radius 2 is 2.16 bits per heavy atom. The second-order valence-corrected chi connectivity index (χ2v) is 7.84. The highest BCUT2D eigenvalue weighted by Gasteiger charge is 2.31. The minimum atomic E-state index is -0.254. The molecule has 0 atom stereocenters. The molecule has 1 saturated heterocycles. The lowest BCUT2D eigenvalue weighted by atomic mass is 10.2. The van der Waals surface area contributed by atoms with Crippen LogP contribution in [0.4, 0.5) is 0 Å². The molecule has 0 radical (unpaired) electrons. The van der Waals surface area contributed by atoms with Gasteiger partial charge in [-0.3, -0.25) is 14.5 Å². The van der Waals surface area contributed by atoms with E-state index in [4.69, 9.17) is 40.2 Å². The molecule has 4 nitrogen and oxygen atoms in total. The van der Waals surface area contributed by atoms with Crippen molar-refractivity contribution in [1.29, 1.82) is 0 Å². The van der Waals surface area contributed by atoms with Gasteiger partial charge >= 0.3 is 5.97 Å². The molecule has 1 amide bonds. The minimum Gasteiger partial charge on any atom is -0.466 e. The quantitative estimate of drug-likeness (QED) is 0.357. The van der Waals surface area contributed by atoms with Gasteiger partial charge in [0, 0.05) is 23.0 Å². The number of carbonyl (C=O) groups excluding carboxylic acids is 2. The van der Waals surface area contributed by atoms with Gasteiger partial charge in [0.25, 0.3) is 5.91 Å². The second-order valence-electron chi connectivity index (χ2n) is 5.32. The smallest absolute Gasteiger partial charge is 0.305 e. The molecule has 0 unspecified atom stereocenters. The summed E-state index contributed by atoms with van der Waals surface area (Å²) in [5.41, 5.74) is 0.703. The number of thioether (sulfide) groups is 1. The SMILES string of the molecule is CCCOC(=O)CCCN1C(=O)/C(=C/c2ccc(Cl)cc2Cl)SC1=S. The molecule has 134 valence electrons. The molecule has 0 aliphatic carbocycles. The van der Waals surface area contributed by atoms with Crippen molar-refractivity contribution in [1.82, 2.24) is 4.90 Å². The number of hydrogen-bond donors (Lipinski definition) is 0. The third kappa shape index (κ3) is 5.71. The number of hydrogen-bond acceptors (Lipinski definition) is 5. The number of halogens is 2. The van der Waals surface area contributed by atoms with Crippen molar-refractivity contribution in [2.75, 3.05) is 13.2 Å². The summed E-state index contributed by atoms with van der Waals surface area (Å²) in [4.78, 5) is 26.0. The normalized spacial score (nSPS) is 16.0. The second kappa shape index (κ2) is 9.57. The third-order valence-corrected chi connectivity index (χ3v) is 5.29. The largest absolute Gasteiger partial charge is 0.466 e. The number of benzene rings is 1. The lowest BCUT2D eigenvalue weighted by molar-refractivity contribution is -0.144. The molecule has 1 aliphatic rings. The van der Waals surface area contributed by atoms with Gasteiger partial charge in [-0.2, -0.15) is 0 Å². The summed E-state index contributed by atoms with van der Waals surface area (Å²) in [7, 11) is 0. The van der Waals surface area contributed by atoms with E-state index < -0.39 is 0 Å². The molecule has 0 N–H and O–H groups in total. The van der Waals surface area contributed by atoms with E-state index in [1.807, 2.05) is 6.92 Å². The molecule has 8 heteroatoms. The molecule has 25 heavy (non-hydrogen) atoms. The van der Waals surface area contributed by atoms with Crippen molar-refractivity contribution in [2.24, 2.45) is 0 Å². The lowest BCUT2D eigenvalue weighted by Crippen LogP contribution is -2.29. The first-order valence-electron chi connectivity index (χ1n) is 7.78. The van der Waals surface area contributed by atoms with Crippen LogP contribution in [0.1, 0.15) is 31.7 Å². The molecule has 2 rings (SSSR count). The Kier molecular flexibility index (Phi) is 7.75. The van der Waals surface area contributed by atoms with Crippen LogP contribution in [0.5, 0.6) is 0 Å². The van der Waals surface area contributed by atoms with Crippen LogP contribution in [0.2, 0.25) is 10.0 Å². The Morgan fingerprint density at radius 1 is 1.40 bits per heavy atom. The third-order valence-electron chi connectivity index (χ3n) is 3.35. The number of esters is 1. The molecule has 0 spiro atoms. The number of amides is 1. The van der Waals surface area contributed by atoms with Crippen molar-refractivity contribution in [3.63, 3.8) is 0 Å². The van der Waals surface area contributed by atoms with Gasteiger partial charge in [-0.15, -0.1) is 0 Å². The summed E-state index contributed by atoms with van der Waals surface area (Å²) in [6.45, 7) is 2.74. The van der Waals surface area contributed by atoms with Gasteiger partial charge in [0.15, 0.2) is 0 Å². The number of carbonyl (C=O) groups is 2. The van der Waals surface area contributed by atoms with Crippen LogP contribution in [0.3, 0.4) is 0 Å². The van der Waals surface area contributed by atoms with Gasteiger partial charge in [-0.1, -0.05) is 60.2 Å². The molecule has 1 fully saturated rings. The first-order valence-corrected chi connectivity index (χ1v) is 9.76. The minimum absolute atomic E-state index is 0.178. The predicted octanol–water partition coefficient (Wildman–Crippen LogP) is 4.93. The van der Waals surface area contributed by atoms with Gasteiger partial charge in [-0.05, 0) is 36.6 Å². The number of ether oxygens (including phenoxy) is 1. The fraction of sp³-hybridized carbons (Fsp3) is 0.353. The average Bonchev–Trinajstić information content (AvgIpc) is 2.83. The highest BCUT2D eigenvalue weighted by atomic mass is 35.5. The van der Waals surface area contributed by atoms with Gasteiger partial charge in [0.2, 0.25) is 0 Å². The Balaban J connectivity index is 1.97. The Labute approximate surface area is 166 Å². The van der Waals surface area contributed by atoms with Crippen LogP contribution in [-0.2, 0) is 14.3 Å². The average molecular weight is 418 g/mol. The predicted molar refractivity (Wildman–Crippen MR) is 107 cm³/mol. The van der Waals surface area contributed by atoms with Crippen molar-refractivity contribution in [2.45, 2.75) is 26.2 Å². The Hall–Kier alpha value is -1.08. The van der Waals surface area contributed by atoms with Crippen molar-refractivity contribution in [3.8, 4) is 0 Å². The standard InChI is InChI=1S/C17H17Cl2NO3S2/c1-2-8-23-15(21)4-3-7-20-16(22)14(25-17(20)24)9-11-5-6-12(18)10-13(11)19/h5-6,9-10H,2-4,7-8H2,1H3/b14-9-.